The summed E-state index contributed by atoms with van der Waals surface area (Å²) in [7, 11) is 0. The maximum atomic E-state index is 12.6. The third-order valence-corrected chi connectivity index (χ3v) is 21.2. The van der Waals surface area contributed by atoms with Gasteiger partial charge in [0, 0.05) is 22.8 Å². The largest absolute Gasteiger partial charge is 2.00 e. The van der Waals surface area contributed by atoms with Crippen molar-refractivity contribution in [2.75, 3.05) is 0 Å². The summed E-state index contributed by atoms with van der Waals surface area (Å²) in [6.07, 6.45) is 3.39. The second-order valence-corrected chi connectivity index (χ2v) is 31.7. The van der Waals surface area contributed by atoms with Crippen molar-refractivity contribution in [1.82, 2.24) is 0 Å². The van der Waals surface area contributed by atoms with Crippen LogP contribution in [0.25, 0.3) is 0 Å². The van der Waals surface area contributed by atoms with Crippen LogP contribution in [-0.4, -0.2) is 22.8 Å². The van der Waals surface area contributed by atoms with Crippen LogP contribution in [0.2, 0.25) is 0 Å². The number of benzene rings is 8. The Morgan fingerprint density at radius 1 is 0.255 bits per heavy atom. The van der Waals surface area contributed by atoms with Crippen LogP contribution in [0.4, 0.5) is 22.7 Å². The van der Waals surface area contributed by atoms with E-state index in [1.807, 2.05) is 24.3 Å². The minimum atomic E-state index is 0. The van der Waals surface area contributed by atoms with E-state index in [9.17, 15) is 20.4 Å². The molecule has 8 nitrogen and oxygen atoms in total. The summed E-state index contributed by atoms with van der Waals surface area (Å²) in [6, 6.07) is 40.4. The fraction of sp³-hybridized carbons (Fsp3) is 0.435. The van der Waals surface area contributed by atoms with Crippen molar-refractivity contribution >= 4 is 45.6 Å². The van der Waals surface area contributed by atoms with Crippen molar-refractivity contribution in [3.63, 3.8) is 0 Å². The molecule has 544 valence electrons. The zero-order valence-corrected chi connectivity index (χ0v) is 67.3. The van der Waals surface area contributed by atoms with Crippen LogP contribution in [0.1, 0.15) is 346 Å². The van der Waals surface area contributed by atoms with E-state index in [0.717, 1.165) is 93.5 Å². The Morgan fingerprint density at radius 2 is 0.402 bits per heavy atom. The van der Waals surface area contributed by atoms with Crippen molar-refractivity contribution in [3.8, 4) is 23.0 Å². The fourth-order valence-corrected chi connectivity index (χ4v) is 16.0. The maximum Gasteiger partial charge on any atom is 2.00 e. The standard InChI is InChI=1S/4C23H29NO.2Ni/c4*1-13(2)17-8-7-9-18(14(3)4)23(17)24-19-12-16(6)21-15(5)10-11-20(25)22(19)21;;/h4*7-11,13-14,16,25H,12H2,1-6H3;;/q;;;;2*+2/p-4/t4*16-;;/m1100../s1. The Balaban J connectivity index is 0.000000189. The van der Waals surface area contributed by atoms with Crippen LogP contribution >= 0.6 is 0 Å². The van der Waals surface area contributed by atoms with Crippen LogP contribution in [0.3, 0.4) is 0 Å². The second-order valence-electron chi connectivity index (χ2n) is 31.7. The molecule has 0 aliphatic heterocycles. The molecule has 0 bridgehead atoms. The molecule has 0 unspecified atom stereocenters. The molecule has 0 heterocycles. The van der Waals surface area contributed by atoms with Crippen molar-refractivity contribution in [2.45, 2.75) is 263 Å². The van der Waals surface area contributed by atoms with Crippen LogP contribution in [0, 0.1) is 27.7 Å². The van der Waals surface area contributed by atoms with Gasteiger partial charge in [-0.25, -0.2) is 0 Å². The number of aryl methyl sites for hydroxylation is 4. The smallest absolute Gasteiger partial charge is 0.872 e. The Morgan fingerprint density at radius 3 is 0.539 bits per heavy atom. The number of nitrogens with zero attached hydrogens (tertiary/aromatic N) is 4. The van der Waals surface area contributed by atoms with Crippen molar-refractivity contribution < 1.29 is 53.4 Å². The second kappa shape index (κ2) is 34.5. The molecule has 0 radical (unpaired) electrons. The third kappa shape index (κ3) is 17.2. The van der Waals surface area contributed by atoms with Gasteiger partial charge in [0.05, 0.1) is 22.7 Å². The molecule has 0 fully saturated rings. The van der Waals surface area contributed by atoms with E-state index in [2.05, 4.69) is 239 Å². The Labute approximate surface area is 633 Å². The summed E-state index contributed by atoms with van der Waals surface area (Å²) in [6.45, 7) is 52.5. The molecule has 0 saturated carbocycles. The molecule has 102 heavy (non-hydrogen) atoms. The summed E-state index contributed by atoms with van der Waals surface area (Å²) in [5.41, 5.74) is 31.2. The Bertz CT molecular complexity index is 3790. The van der Waals surface area contributed by atoms with Crippen LogP contribution < -0.4 is 20.4 Å². The van der Waals surface area contributed by atoms with Gasteiger partial charge in [-0.15, -0.1) is 0 Å². The molecule has 4 aliphatic rings. The molecular formula is C92H112N4Ni2O4. The summed E-state index contributed by atoms with van der Waals surface area (Å²) < 4.78 is 0. The predicted octanol–water partition coefficient (Wildman–Crippen LogP) is 23.8. The topological polar surface area (TPSA) is 142 Å². The molecular weight excluding hydrogens is 1340 g/mol. The van der Waals surface area contributed by atoms with Gasteiger partial charge in [0.1, 0.15) is 0 Å². The molecule has 0 amide bonds. The molecule has 4 atom stereocenters. The first kappa shape index (κ1) is 81.9. The zero-order chi connectivity index (χ0) is 73.2. The number of para-hydroxylation sites is 4. The minimum Gasteiger partial charge on any atom is -0.872 e. The van der Waals surface area contributed by atoms with Gasteiger partial charge in [0.25, 0.3) is 0 Å². The number of fused-ring (bicyclic) bond motifs is 4. The molecule has 12 rings (SSSR count). The molecule has 0 saturated heterocycles. The minimum absolute atomic E-state index is 0. The normalized spacial score (nSPS) is 18.0. The van der Waals surface area contributed by atoms with Gasteiger partial charge in [-0.05, 0) is 236 Å². The number of hydrogen-bond acceptors (Lipinski definition) is 8. The molecule has 0 N–H and O–H groups in total. The fourth-order valence-electron chi connectivity index (χ4n) is 16.0. The van der Waals surface area contributed by atoms with Gasteiger partial charge in [-0.3, -0.25) is 20.0 Å². The summed E-state index contributed by atoms with van der Waals surface area (Å²) in [5.74, 6) is 5.09. The van der Waals surface area contributed by atoms with E-state index < -0.39 is 0 Å². The Kier molecular flexibility index (Phi) is 27.7. The van der Waals surface area contributed by atoms with Crippen LogP contribution in [-0.2, 0) is 33.0 Å². The average Bonchev–Trinajstić information content (AvgIpc) is 1.62. The van der Waals surface area contributed by atoms with E-state index in [1.165, 1.54) is 89.0 Å². The van der Waals surface area contributed by atoms with Gasteiger partial charge in [-0.1, -0.05) is 283 Å². The van der Waals surface area contributed by atoms with E-state index in [0.29, 0.717) is 71.0 Å². The SMILES string of the molecule is Cc1ccc([O-])c2c1[C@@H](C)CC2=Nc1c(C(C)C)cccc1C(C)C.Cc1ccc([O-])c2c1[C@@H](C)CC2=Nc1c(C(C)C)cccc1C(C)C.Cc1ccc([O-])c2c1[C@H](C)CC2=Nc1c(C(C)C)cccc1C(C)C.Cc1ccc([O-])c2c1[C@H](C)CC2=Nc1c(C(C)C)cccc1C(C)C.[Ni+2].[Ni+2]. The van der Waals surface area contributed by atoms with Crippen molar-refractivity contribution in [1.29, 1.82) is 0 Å². The van der Waals surface area contributed by atoms with Gasteiger partial charge in [0.15, 0.2) is 0 Å². The van der Waals surface area contributed by atoms with Crippen LogP contribution in [0.15, 0.2) is 141 Å². The van der Waals surface area contributed by atoms with E-state index in [-0.39, 0.29) is 56.0 Å². The summed E-state index contributed by atoms with van der Waals surface area (Å²) in [4.78, 5) is 20.4. The van der Waals surface area contributed by atoms with Gasteiger partial charge in [-0.2, -0.15) is 0 Å². The monoisotopic (exact) mass is 1450 g/mol. The number of aliphatic imine (C=N–C) groups is 4. The third-order valence-electron chi connectivity index (χ3n) is 21.2. The first-order chi connectivity index (χ1) is 47.2. The van der Waals surface area contributed by atoms with Crippen molar-refractivity contribution in [3.05, 3.63) is 233 Å². The number of hydrogen-bond donors (Lipinski definition) is 0. The molecule has 4 aliphatic carbocycles. The average molecular weight is 1460 g/mol. The molecule has 8 aromatic carbocycles. The quantitative estimate of drug-likeness (QED) is 0.112. The van der Waals surface area contributed by atoms with Gasteiger partial charge in [0.2, 0.25) is 0 Å². The summed E-state index contributed by atoms with van der Waals surface area (Å²) >= 11 is 0. The molecule has 0 aromatic heterocycles. The zero-order valence-electron chi connectivity index (χ0n) is 65.4. The predicted molar refractivity (Wildman–Crippen MR) is 418 cm³/mol. The van der Waals surface area contributed by atoms with E-state index in [4.69, 9.17) is 20.0 Å². The van der Waals surface area contributed by atoms with E-state index >= 15 is 0 Å². The molecule has 8 aromatic rings. The number of rotatable bonds is 12. The molecule has 10 heteroatoms. The maximum absolute atomic E-state index is 12.6. The van der Waals surface area contributed by atoms with Gasteiger partial charge < -0.3 is 20.4 Å². The Hall–Kier alpha value is -7.37. The first-order valence-electron chi connectivity index (χ1n) is 37.3. The van der Waals surface area contributed by atoms with Crippen LogP contribution in [0.5, 0.6) is 23.0 Å². The summed E-state index contributed by atoms with van der Waals surface area (Å²) in [5, 5.41) is 50.3. The first-order valence-corrected chi connectivity index (χ1v) is 37.3. The van der Waals surface area contributed by atoms with E-state index in [1.54, 1.807) is 24.3 Å². The molecule has 0 spiro atoms. The van der Waals surface area contributed by atoms with Gasteiger partial charge >= 0.3 is 33.0 Å². The van der Waals surface area contributed by atoms with Crippen molar-refractivity contribution in [2.24, 2.45) is 20.0 Å².